The van der Waals surface area contributed by atoms with Crippen molar-refractivity contribution in [2.24, 2.45) is 17.3 Å². The third-order valence-electron chi connectivity index (χ3n) is 14.4. The lowest BCUT2D eigenvalue weighted by molar-refractivity contribution is -0.164. The summed E-state index contributed by atoms with van der Waals surface area (Å²) in [6.07, 6.45) is 1.79. The number of hydrogen-bond acceptors (Lipinski definition) is 14. The predicted molar refractivity (Wildman–Crippen MR) is 272 cm³/mol. The Balaban J connectivity index is 0.942. The van der Waals surface area contributed by atoms with Crippen LogP contribution in [0, 0.1) is 17.3 Å². The summed E-state index contributed by atoms with van der Waals surface area (Å²) in [4.78, 5) is 96.0. The van der Waals surface area contributed by atoms with Crippen LogP contribution in [0.5, 0.6) is 17.2 Å². The molecule has 7 rings (SSSR count). The van der Waals surface area contributed by atoms with E-state index in [4.69, 9.17) is 18.9 Å². The maximum absolute atomic E-state index is 14.1. The molecule has 0 unspecified atom stereocenters. The fourth-order valence-corrected chi connectivity index (χ4v) is 11.4. The molecule has 4 heterocycles. The number of nitrogens with one attached hydrogen (secondary N) is 3. The van der Waals surface area contributed by atoms with E-state index in [2.05, 4.69) is 16.0 Å². The van der Waals surface area contributed by atoms with Crippen molar-refractivity contribution in [1.82, 2.24) is 20.4 Å². The Morgan fingerprint density at radius 2 is 1.73 bits per heavy atom. The van der Waals surface area contributed by atoms with Crippen LogP contribution in [0.3, 0.4) is 0 Å². The third kappa shape index (κ3) is 12.2. The summed E-state index contributed by atoms with van der Waals surface area (Å²) in [5.74, 6) is -3.45. The highest BCUT2D eigenvalue weighted by molar-refractivity contribution is 8.03. The number of aliphatic carboxylic acids is 1. The van der Waals surface area contributed by atoms with Crippen LogP contribution in [-0.4, -0.2) is 131 Å². The quantitative estimate of drug-likeness (QED) is 0.0353. The lowest BCUT2D eigenvalue weighted by Crippen LogP contribution is -2.63. The number of fused-ring (bicyclic) bond motifs is 1. The Kier molecular flexibility index (Phi) is 17.6. The molecular formula is C54H67N5O13S. The number of likely N-dealkylation sites (tertiary alicyclic amines) is 1. The third-order valence-corrected chi connectivity index (χ3v) is 15.9. The molecule has 4 amide bonds. The molecule has 5 N–H and O–H groups in total. The highest BCUT2D eigenvalue weighted by Gasteiger charge is 2.60. The van der Waals surface area contributed by atoms with Gasteiger partial charge in [0.25, 0.3) is 11.8 Å². The molecular weight excluding hydrogens is 959 g/mol. The minimum Gasteiger partial charge on any atom is -0.493 e. The second-order valence-electron chi connectivity index (χ2n) is 19.7. The Labute approximate surface area is 429 Å². The number of ketones is 1. The van der Waals surface area contributed by atoms with E-state index in [0.717, 1.165) is 5.56 Å². The number of carbonyl (C=O) groups is 7. The van der Waals surface area contributed by atoms with Crippen LogP contribution in [0.2, 0.25) is 0 Å². The summed E-state index contributed by atoms with van der Waals surface area (Å²) < 4.78 is 23.3. The van der Waals surface area contributed by atoms with E-state index in [1.54, 1.807) is 70.5 Å². The molecule has 3 saturated heterocycles. The van der Waals surface area contributed by atoms with Gasteiger partial charge in [0, 0.05) is 45.8 Å². The van der Waals surface area contributed by atoms with Crippen LogP contribution in [0.25, 0.3) is 0 Å². The van der Waals surface area contributed by atoms with E-state index in [1.807, 2.05) is 38.1 Å². The molecule has 392 valence electrons. The Hall–Kier alpha value is -6.44. The van der Waals surface area contributed by atoms with Crippen LogP contribution >= 0.6 is 11.8 Å². The van der Waals surface area contributed by atoms with Crippen molar-refractivity contribution in [2.75, 3.05) is 45.8 Å². The Morgan fingerprint density at radius 3 is 2.44 bits per heavy atom. The number of anilines is 1. The molecule has 8 atom stereocenters. The topological polar surface area (TPSA) is 239 Å². The van der Waals surface area contributed by atoms with Gasteiger partial charge in [-0.2, -0.15) is 0 Å². The number of methoxy groups -OCH3 is 2. The second-order valence-corrected chi connectivity index (χ2v) is 21.0. The molecule has 3 aromatic rings. The first kappa shape index (κ1) is 54.3. The molecule has 0 aliphatic carbocycles. The summed E-state index contributed by atoms with van der Waals surface area (Å²) >= 11 is 1.35. The zero-order valence-corrected chi connectivity index (χ0v) is 43.3. The molecule has 73 heavy (non-hydrogen) atoms. The maximum Gasteiger partial charge on any atom is 0.353 e. The van der Waals surface area contributed by atoms with Crippen molar-refractivity contribution in [2.45, 2.75) is 115 Å². The number of thioether (sulfide) groups is 1. The average molecular weight is 1030 g/mol. The number of β-lactam (4-membered cyclic amide) rings is 1. The summed E-state index contributed by atoms with van der Waals surface area (Å²) in [6, 6.07) is 17.3. The monoisotopic (exact) mass is 1030 g/mol. The highest BCUT2D eigenvalue weighted by atomic mass is 32.2. The van der Waals surface area contributed by atoms with E-state index >= 15 is 0 Å². The first-order valence-corrected chi connectivity index (χ1v) is 25.8. The van der Waals surface area contributed by atoms with E-state index in [-0.39, 0.29) is 42.5 Å². The minimum atomic E-state index is -1.20. The molecule has 18 nitrogen and oxygen atoms in total. The van der Waals surface area contributed by atoms with Crippen molar-refractivity contribution in [1.29, 1.82) is 0 Å². The predicted octanol–water partition coefficient (Wildman–Crippen LogP) is 5.67. The minimum absolute atomic E-state index is 0.0535. The molecule has 3 aromatic carbocycles. The zero-order valence-electron chi connectivity index (χ0n) is 42.4. The molecule has 0 aromatic heterocycles. The fraction of sp³-hybridized carbons (Fsp3) is 0.500. The number of aliphatic hydroxyl groups is 1. The molecule has 0 spiro atoms. The number of piperidine rings is 1. The van der Waals surface area contributed by atoms with Crippen molar-refractivity contribution in [3.8, 4) is 17.2 Å². The van der Waals surface area contributed by atoms with Crippen molar-refractivity contribution in [3.63, 3.8) is 0 Å². The molecule has 4 aliphatic rings. The van der Waals surface area contributed by atoms with Crippen LogP contribution in [0.15, 0.2) is 77.3 Å². The van der Waals surface area contributed by atoms with E-state index < -0.39 is 77.1 Å². The van der Waals surface area contributed by atoms with Gasteiger partial charge in [-0.05, 0) is 105 Å². The largest absolute Gasteiger partial charge is 0.493 e. The van der Waals surface area contributed by atoms with Crippen LogP contribution in [0.1, 0.15) is 101 Å². The fourth-order valence-electron chi connectivity index (χ4n) is 9.91. The van der Waals surface area contributed by atoms with Crippen molar-refractivity contribution < 1.29 is 62.7 Å². The molecule has 0 bridgehead atoms. The number of Topliss-reactive ketones (excluding diaryl/α,β-unsaturated/α-hetero) is 1. The summed E-state index contributed by atoms with van der Waals surface area (Å²) in [5, 5.41) is 29.0. The lowest BCUT2D eigenvalue weighted by Gasteiger charge is -2.46. The number of benzene rings is 3. The van der Waals surface area contributed by atoms with Gasteiger partial charge in [-0.15, -0.1) is 11.8 Å². The van der Waals surface area contributed by atoms with Gasteiger partial charge in [-0.25, -0.2) is 9.59 Å². The summed E-state index contributed by atoms with van der Waals surface area (Å²) in [5.41, 5.74) is 1.35. The number of carboxylic acid groups (broad SMARTS) is 1. The van der Waals surface area contributed by atoms with Crippen molar-refractivity contribution >= 4 is 58.8 Å². The number of aliphatic hydroxyl groups excluding tert-OH is 1. The number of esters is 1. The maximum atomic E-state index is 14.1. The SMILES string of the molecule is CCC(C)(C)C(=O)C(=O)N1CCCC[C@H]1C(=O)O[C@H](CCc1ccc(OC)c(OC)c1)c1cccc(OCCNC(=O)c2cccc(NC(=O)[C@@H]3C[C@H](SC4=C(C(=O)O)N5C(=O)[C@H]([C@@H](C)O)[C@H]5[C@H]4C)CN3)c2)c1. The van der Waals surface area contributed by atoms with E-state index in [1.165, 1.54) is 28.5 Å². The Bertz CT molecular complexity index is 2620. The number of carbonyl (C=O) groups excluding carboxylic acids is 6. The summed E-state index contributed by atoms with van der Waals surface area (Å²) in [7, 11) is 3.11. The van der Waals surface area contributed by atoms with Gasteiger partial charge in [0.1, 0.15) is 30.2 Å². The van der Waals surface area contributed by atoms with Gasteiger partial charge in [0.05, 0.1) is 44.9 Å². The number of hydrogen-bond donors (Lipinski definition) is 5. The van der Waals surface area contributed by atoms with Gasteiger partial charge < -0.3 is 54.9 Å². The number of nitrogens with zero attached hydrogens (tertiary/aromatic N) is 2. The lowest BCUT2D eigenvalue weighted by atomic mass is 9.79. The number of amides is 4. The van der Waals surface area contributed by atoms with E-state index in [9.17, 15) is 43.8 Å². The standard InChI is InChI=1S/C54H67N5O13S/c1-8-54(4,5)47(61)51(65)58-23-10-9-17-39(58)53(68)72-40(20-18-32-19-21-41(69-6)42(25-32)70-7)33-13-12-16-36(27-33)71-24-22-55-48(62)34-14-11-15-35(26-34)57-49(63)38-28-37(29-56-38)73-46-30(2)44-43(31(3)60)50(64)59(44)45(46)52(66)67/h11-16,19,21,25-27,30-31,37-40,43-44,56,60H,8-10,17-18,20,22-24,28-29H2,1-7H3,(H,55,62)(H,57,63)(H,66,67)/t30-,31-,37+,38+,39+,40-,43-,44-/m1/s1. The molecule has 4 aliphatic heterocycles. The molecule has 3 fully saturated rings. The number of carboxylic acids is 1. The second kappa shape index (κ2) is 23.6. The molecule has 0 saturated carbocycles. The van der Waals surface area contributed by atoms with Crippen LogP contribution in [0.4, 0.5) is 5.69 Å². The van der Waals surface area contributed by atoms with Gasteiger partial charge in [-0.1, -0.05) is 52.0 Å². The Morgan fingerprint density at radius 1 is 0.973 bits per heavy atom. The van der Waals surface area contributed by atoms with Crippen LogP contribution < -0.4 is 30.2 Å². The smallest absolute Gasteiger partial charge is 0.353 e. The number of rotatable bonds is 22. The highest BCUT2D eigenvalue weighted by Crippen LogP contribution is 2.52. The van der Waals surface area contributed by atoms with Crippen molar-refractivity contribution in [3.05, 3.63) is 94.0 Å². The number of ether oxygens (including phenoxy) is 4. The summed E-state index contributed by atoms with van der Waals surface area (Å²) in [6.45, 7) is 9.64. The van der Waals surface area contributed by atoms with Gasteiger partial charge >= 0.3 is 11.9 Å². The average Bonchev–Trinajstić information content (AvgIpc) is 3.96. The first-order valence-electron chi connectivity index (χ1n) is 24.9. The molecule has 0 radical (unpaired) electrons. The van der Waals surface area contributed by atoms with Gasteiger partial charge in [0.2, 0.25) is 17.6 Å². The number of aryl methyl sites for hydroxylation is 1. The first-order chi connectivity index (χ1) is 34.9. The van der Waals surface area contributed by atoms with E-state index in [0.29, 0.717) is 90.5 Å². The normalized spacial score (nSPS) is 22.4. The van der Waals surface area contributed by atoms with Gasteiger partial charge in [-0.3, -0.25) is 24.0 Å². The zero-order chi connectivity index (χ0) is 52.7. The van der Waals surface area contributed by atoms with Crippen LogP contribution in [-0.2, 0) is 39.9 Å². The molecule has 19 heteroatoms. The van der Waals surface area contributed by atoms with Gasteiger partial charge in [0.15, 0.2) is 11.5 Å².